The van der Waals surface area contributed by atoms with E-state index in [1.54, 1.807) is 7.11 Å². The quantitative estimate of drug-likeness (QED) is 0.860. The maximum absolute atomic E-state index is 6.04. The van der Waals surface area contributed by atoms with E-state index in [1.807, 2.05) is 17.8 Å². The van der Waals surface area contributed by atoms with E-state index in [4.69, 9.17) is 15.2 Å². The van der Waals surface area contributed by atoms with E-state index in [0.29, 0.717) is 6.10 Å². The Kier molecular flexibility index (Phi) is 5.20. The summed E-state index contributed by atoms with van der Waals surface area (Å²) in [5.41, 5.74) is 6.81. The predicted octanol–water partition coefficient (Wildman–Crippen LogP) is 2.47. The Labute approximate surface area is 113 Å². The Morgan fingerprint density at radius 2 is 2.28 bits per heavy atom. The molecule has 1 unspecified atom stereocenters. The summed E-state index contributed by atoms with van der Waals surface area (Å²) in [5, 5.41) is 0. The summed E-state index contributed by atoms with van der Waals surface area (Å²) in [6.07, 6.45) is 3.45. The van der Waals surface area contributed by atoms with E-state index >= 15 is 0 Å². The second-order valence-electron chi connectivity index (χ2n) is 4.48. The zero-order valence-corrected chi connectivity index (χ0v) is 11.7. The van der Waals surface area contributed by atoms with Crippen molar-refractivity contribution in [2.45, 2.75) is 25.4 Å². The maximum Gasteiger partial charge on any atom is 0.161 e. The number of benzene rings is 1. The highest BCUT2D eigenvalue weighted by atomic mass is 32.2. The van der Waals surface area contributed by atoms with Crippen LogP contribution in [0.15, 0.2) is 18.2 Å². The Morgan fingerprint density at radius 1 is 1.39 bits per heavy atom. The molecule has 0 bridgehead atoms. The molecule has 0 aliphatic carbocycles. The Hall–Kier alpha value is -0.870. The van der Waals surface area contributed by atoms with Gasteiger partial charge in [-0.3, -0.25) is 0 Å². The summed E-state index contributed by atoms with van der Waals surface area (Å²) in [5.74, 6) is 3.97. The van der Waals surface area contributed by atoms with Gasteiger partial charge in [0.25, 0.3) is 0 Å². The number of ether oxygens (including phenoxy) is 2. The maximum atomic E-state index is 6.04. The number of rotatable bonds is 6. The molecule has 0 spiro atoms. The Morgan fingerprint density at radius 3 is 2.94 bits per heavy atom. The molecular weight excluding hydrogens is 246 g/mol. The number of nitrogens with two attached hydrogens (primary N) is 1. The van der Waals surface area contributed by atoms with Crippen LogP contribution >= 0.6 is 11.8 Å². The standard InChI is InChI=1S/C14H21NO2S/c1-16-13-5-4-11(3-2-7-15)9-14(13)17-12-6-8-18-10-12/h4-5,9,12H,2-3,6-8,10,15H2,1H3. The van der Waals surface area contributed by atoms with E-state index < -0.39 is 0 Å². The third kappa shape index (κ3) is 3.56. The van der Waals surface area contributed by atoms with Crippen molar-refractivity contribution in [1.29, 1.82) is 0 Å². The van der Waals surface area contributed by atoms with Crippen molar-refractivity contribution in [3.63, 3.8) is 0 Å². The van der Waals surface area contributed by atoms with Gasteiger partial charge in [0, 0.05) is 5.75 Å². The lowest BCUT2D eigenvalue weighted by atomic mass is 10.1. The Balaban J connectivity index is 2.08. The molecule has 3 nitrogen and oxygen atoms in total. The number of methoxy groups -OCH3 is 1. The number of hydrogen-bond donors (Lipinski definition) is 1. The molecule has 0 aromatic heterocycles. The first-order chi connectivity index (χ1) is 8.83. The average molecular weight is 267 g/mol. The molecule has 1 aliphatic rings. The van der Waals surface area contributed by atoms with Crippen molar-refractivity contribution in [2.75, 3.05) is 25.2 Å². The number of thioether (sulfide) groups is 1. The molecule has 1 aliphatic heterocycles. The van der Waals surface area contributed by atoms with Crippen LogP contribution in [0.25, 0.3) is 0 Å². The summed E-state index contributed by atoms with van der Waals surface area (Å²) >= 11 is 1.95. The van der Waals surface area contributed by atoms with Gasteiger partial charge in [0.2, 0.25) is 0 Å². The van der Waals surface area contributed by atoms with Crippen LogP contribution in [0, 0.1) is 0 Å². The van der Waals surface area contributed by atoms with Gasteiger partial charge >= 0.3 is 0 Å². The molecule has 1 heterocycles. The number of aryl methyl sites for hydroxylation is 1. The van der Waals surface area contributed by atoms with E-state index in [0.717, 1.165) is 43.1 Å². The molecule has 1 fully saturated rings. The summed E-state index contributed by atoms with van der Waals surface area (Å²) in [6.45, 7) is 0.724. The largest absolute Gasteiger partial charge is 0.493 e. The summed E-state index contributed by atoms with van der Waals surface area (Å²) < 4.78 is 11.4. The molecule has 0 radical (unpaired) electrons. The van der Waals surface area contributed by atoms with Gasteiger partial charge in [-0.15, -0.1) is 0 Å². The second kappa shape index (κ2) is 6.90. The summed E-state index contributed by atoms with van der Waals surface area (Å²) in [6, 6.07) is 6.17. The monoisotopic (exact) mass is 267 g/mol. The molecule has 18 heavy (non-hydrogen) atoms. The fraction of sp³-hybridized carbons (Fsp3) is 0.571. The molecule has 0 saturated carbocycles. The summed E-state index contributed by atoms with van der Waals surface area (Å²) in [4.78, 5) is 0. The van der Waals surface area contributed by atoms with Crippen molar-refractivity contribution >= 4 is 11.8 Å². The third-order valence-corrected chi connectivity index (χ3v) is 4.21. The molecular formula is C14H21NO2S. The van der Waals surface area contributed by atoms with Crippen molar-refractivity contribution in [1.82, 2.24) is 0 Å². The van der Waals surface area contributed by atoms with Crippen LogP contribution in [0.2, 0.25) is 0 Å². The van der Waals surface area contributed by atoms with Crippen LogP contribution in [0.1, 0.15) is 18.4 Å². The van der Waals surface area contributed by atoms with Crippen LogP contribution < -0.4 is 15.2 Å². The topological polar surface area (TPSA) is 44.5 Å². The minimum atomic E-state index is 0.327. The van der Waals surface area contributed by atoms with Crippen LogP contribution in [-0.2, 0) is 6.42 Å². The lowest BCUT2D eigenvalue weighted by molar-refractivity contribution is 0.218. The highest BCUT2D eigenvalue weighted by Crippen LogP contribution is 2.32. The van der Waals surface area contributed by atoms with Gasteiger partial charge in [-0.25, -0.2) is 0 Å². The summed E-state index contributed by atoms with van der Waals surface area (Å²) in [7, 11) is 1.69. The van der Waals surface area contributed by atoms with Gasteiger partial charge in [-0.2, -0.15) is 11.8 Å². The lowest BCUT2D eigenvalue weighted by Gasteiger charge is -2.16. The first-order valence-corrected chi connectivity index (χ1v) is 7.60. The molecule has 0 amide bonds. The van der Waals surface area contributed by atoms with Crippen LogP contribution in [0.5, 0.6) is 11.5 Å². The van der Waals surface area contributed by atoms with Crippen molar-refractivity contribution in [3.05, 3.63) is 23.8 Å². The highest BCUT2D eigenvalue weighted by molar-refractivity contribution is 7.99. The van der Waals surface area contributed by atoms with Crippen molar-refractivity contribution < 1.29 is 9.47 Å². The fourth-order valence-corrected chi connectivity index (χ4v) is 3.15. The van der Waals surface area contributed by atoms with E-state index in [9.17, 15) is 0 Å². The minimum Gasteiger partial charge on any atom is -0.493 e. The van der Waals surface area contributed by atoms with Crippen LogP contribution in [0.4, 0.5) is 0 Å². The molecule has 2 rings (SSSR count). The third-order valence-electron chi connectivity index (χ3n) is 3.08. The van der Waals surface area contributed by atoms with Crippen LogP contribution in [-0.4, -0.2) is 31.3 Å². The molecule has 100 valence electrons. The Bertz CT molecular complexity index is 378. The first kappa shape index (κ1) is 13.6. The van der Waals surface area contributed by atoms with Gasteiger partial charge in [0.05, 0.1) is 7.11 Å². The molecule has 2 N–H and O–H groups in total. The zero-order chi connectivity index (χ0) is 12.8. The molecule has 1 atom stereocenters. The molecule has 1 aromatic rings. The average Bonchev–Trinajstić information content (AvgIpc) is 2.89. The highest BCUT2D eigenvalue weighted by Gasteiger charge is 2.18. The zero-order valence-electron chi connectivity index (χ0n) is 10.9. The van der Waals surface area contributed by atoms with Crippen molar-refractivity contribution in [3.8, 4) is 11.5 Å². The van der Waals surface area contributed by atoms with E-state index in [2.05, 4.69) is 12.1 Å². The smallest absolute Gasteiger partial charge is 0.161 e. The van der Waals surface area contributed by atoms with Crippen molar-refractivity contribution in [2.24, 2.45) is 5.73 Å². The van der Waals surface area contributed by atoms with Crippen LogP contribution in [0.3, 0.4) is 0 Å². The van der Waals surface area contributed by atoms with Gasteiger partial charge in [0.15, 0.2) is 11.5 Å². The molecule has 4 heteroatoms. The lowest BCUT2D eigenvalue weighted by Crippen LogP contribution is -2.15. The van der Waals surface area contributed by atoms with Gasteiger partial charge in [-0.1, -0.05) is 6.07 Å². The molecule has 1 aromatic carbocycles. The minimum absolute atomic E-state index is 0.327. The van der Waals surface area contributed by atoms with Gasteiger partial charge in [-0.05, 0) is 49.3 Å². The molecule has 1 saturated heterocycles. The number of hydrogen-bond acceptors (Lipinski definition) is 4. The van der Waals surface area contributed by atoms with E-state index in [1.165, 1.54) is 11.3 Å². The van der Waals surface area contributed by atoms with Gasteiger partial charge < -0.3 is 15.2 Å². The SMILES string of the molecule is COc1ccc(CCCN)cc1OC1CCSC1. The normalized spacial score (nSPS) is 18.9. The second-order valence-corrected chi connectivity index (χ2v) is 5.63. The first-order valence-electron chi connectivity index (χ1n) is 6.45. The van der Waals surface area contributed by atoms with E-state index in [-0.39, 0.29) is 0 Å². The van der Waals surface area contributed by atoms with Gasteiger partial charge in [0.1, 0.15) is 6.10 Å². The predicted molar refractivity (Wildman–Crippen MR) is 76.7 cm³/mol. The fourth-order valence-electron chi connectivity index (χ4n) is 2.06.